The van der Waals surface area contributed by atoms with Gasteiger partial charge in [0, 0.05) is 13.1 Å². The van der Waals surface area contributed by atoms with Gasteiger partial charge in [0.25, 0.3) is 10.0 Å². The summed E-state index contributed by atoms with van der Waals surface area (Å²) in [5.74, 6) is 0. The first-order valence-electron chi connectivity index (χ1n) is 6.00. The lowest BCUT2D eigenvalue weighted by molar-refractivity contribution is 0.200. The molecule has 0 spiro atoms. The van der Waals surface area contributed by atoms with Crippen molar-refractivity contribution in [2.45, 2.75) is 24.2 Å². The normalized spacial score (nSPS) is 17.1. The van der Waals surface area contributed by atoms with Crippen molar-refractivity contribution in [3.05, 3.63) is 28.8 Å². The number of nitrogens with one attached hydrogen (secondary N) is 1. The number of nitrogens with zero attached hydrogens (tertiary/aromatic N) is 2. The fourth-order valence-corrected chi connectivity index (χ4v) is 3.40. The van der Waals surface area contributed by atoms with Crippen molar-refractivity contribution in [2.75, 3.05) is 13.1 Å². The third-order valence-corrected chi connectivity index (χ3v) is 4.66. The molecule has 0 amide bonds. The summed E-state index contributed by atoms with van der Waals surface area (Å²) in [7, 11) is -3.63. The molecular weight excluding hydrogens is 286 g/mol. The lowest BCUT2D eigenvalue weighted by Gasteiger charge is -2.26. The van der Waals surface area contributed by atoms with Crippen LogP contribution in [-0.4, -0.2) is 26.5 Å². The molecule has 1 fully saturated rings. The summed E-state index contributed by atoms with van der Waals surface area (Å²) in [6.07, 6.45) is 3.09. The van der Waals surface area contributed by atoms with E-state index in [9.17, 15) is 8.42 Å². The fourth-order valence-electron chi connectivity index (χ4n) is 1.96. The maximum absolute atomic E-state index is 12.2. The molecule has 1 heterocycles. The van der Waals surface area contributed by atoms with Gasteiger partial charge in [-0.25, -0.2) is 13.4 Å². The van der Waals surface area contributed by atoms with E-state index in [2.05, 4.69) is 4.83 Å². The average molecular weight is 300 g/mol. The number of hydrogen-bond acceptors (Lipinski definition) is 4. The number of hydrazine groups is 1. The van der Waals surface area contributed by atoms with E-state index in [1.165, 1.54) is 18.2 Å². The van der Waals surface area contributed by atoms with Gasteiger partial charge < -0.3 is 0 Å². The Labute approximate surface area is 117 Å². The summed E-state index contributed by atoms with van der Waals surface area (Å²) in [5.41, 5.74) is 0.263. The van der Waals surface area contributed by atoms with E-state index in [1.54, 1.807) is 5.01 Å². The molecule has 0 unspecified atom stereocenters. The van der Waals surface area contributed by atoms with Crippen LogP contribution in [0.1, 0.15) is 24.8 Å². The van der Waals surface area contributed by atoms with Crippen LogP contribution in [0.3, 0.4) is 0 Å². The molecule has 0 radical (unpaired) electrons. The number of sulfonamides is 1. The predicted octanol–water partition coefficient (Wildman–Crippen LogP) is 1.89. The van der Waals surface area contributed by atoms with Gasteiger partial charge in [0.1, 0.15) is 6.07 Å². The molecule has 19 heavy (non-hydrogen) atoms. The Bertz CT molecular complexity index is 604. The SMILES string of the molecule is N#Cc1ccc(S(=O)(=O)NN2CCCCC2)cc1Cl. The van der Waals surface area contributed by atoms with Crippen molar-refractivity contribution < 1.29 is 8.42 Å². The molecule has 102 valence electrons. The highest BCUT2D eigenvalue weighted by Crippen LogP contribution is 2.20. The molecule has 0 atom stereocenters. The molecule has 5 nitrogen and oxygen atoms in total. The summed E-state index contributed by atoms with van der Waals surface area (Å²) in [4.78, 5) is 2.61. The van der Waals surface area contributed by atoms with Gasteiger partial charge in [-0.3, -0.25) is 0 Å². The van der Waals surface area contributed by atoms with Crippen LogP contribution in [0.15, 0.2) is 23.1 Å². The van der Waals surface area contributed by atoms with Gasteiger partial charge in [0.15, 0.2) is 0 Å². The monoisotopic (exact) mass is 299 g/mol. The van der Waals surface area contributed by atoms with Gasteiger partial charge in [-0.05, 0) is 31.0 Å². The summed E-state index contributed by atoms with van der Waals surface area (Å²) in [6.45, 7) is 1.42. The van der Waals surface area contributed by atoms with E-state index in [0.717, 1.165) is 19.3 Å². The Kier molecular flexibility index (Phi) is 4.42. The van der Waals surface area contributed by atoms with Crippen molar-refractivity contribution >= 4 is 21.6 Å². The Balaban J connectivity index is 2.19. The smallest absolute Gasteiger partial charge is 0.230 e. The number of halogens is 1. The number of rotatable bonds is 3. The van der Waals surface area contributed by atoms with Crippen LogP contribution in [0.2, 0.25) is 5.02 Å². The molecule has 2 rings (SSSR count). The van der Waals surface area contributed by atoms with E-state index >= 15 is 0 Å². The molecule has 0 saturated carbocycles. The lowest BCUT2D eigenvalue weighted by atomic mass is 10.2. The van der Waals surface area contributed by atoms with Crippen molar-refractivity contribution in [3.63, 3.8) is 0 Å². The Morgan fingerprint density at radius 3 is 2.53 bits per heavy atom. The van der Waals surface area contributed by atoms with E-state index in [0.29, 0.717) is 13.1 Å². The van der Waals surface area contributed by atoms with Crippen LogP contribution in [0, 0.1) is 11.3 Å². The molecule has 1 saturated heterocycles. The van der Waals surface area contributed by atoms with Gasteiger partial charge >= 0.3 is 0 Å². The molecule has 1 aliphatic rings. The quantitative estimate of drug-likeness (QED) is 0.925. The molecular formula is C12H14ClN3O2S. The van der Waals surface area contributed by atoms with Crippen LogP contribution in [0.4, 0.5) is 0 Å². The predicted molar refractivity (Wildman–Crippen MR) is 71.9 cm³/mol. The first-order chi connectivity index (χ1) is 9.03. The topological polar surface area (TPSA) is 73.2 Å². The van der Waals surface area contributed by atoms with E-state index in [1.807, 2.05) is 6.07 Å². The van der Waals surface area contributed by atoms with E-state index in [4.69, 9.17) is 16.9 Å². The lowest BCUT2D eigenvalue weighted by Crippen LogP contribution is -2.44. The summed E-state index contributed by atoms with van der Waals surface area (Å²) in [6, 6.07) is 5.99. The first kappa shape index (κ1) is 14.3. The molecule has 1 N–H and O–H groups in total. The van der Waals surface area contributed by atoms with Crippen LogP contribution in [0.5, 0.6) is 0 Å². The molecule has 1 aliphatic heterocycles. The van der Waals surface area contributed by atoms with Gasteiger partial charge in [-0.1, -0.05) is 18.0 Å². The minimum atomic E-state index is -3.63. The Morgan fingerprint density at radius 1 is 1.26 bits per heavy atom. The van der Waals surface area contributed by atoms with Gasteiger partial charge in [-0.15, -0.1) is 4.83 Å². The molecule has 0 aliphatic carbocycles. The Hall–Kier alpha value is -1.13. The number of piperidine rings is 1. The second-order valence-electron chi connectivity index (χ2n) is 4.40. The van der Waals surface area contributed by atoms with Crippen LogP contribution >= 0.6 is 11.6 Å². The highest BCUT2D eigenvalue weighted by Gasteiger charge is 2.20. The maximum Gasteiger partial charge on any atom is 0.253 e. The largest absolute Gasteiger partial charge is 0.253 e. The van der Waals surface area contributed by atoms with Crippen LogP contribution in [0.25, 0.3) is 0 Å². The minimum absolute atomic E-state index is 0.0714. The molecule has 1 aromatic rings. The number of benzene rings is 1. The first-order valence-corrected chi connectivity index (χ1v) is 7.86. The minimum Gasteiger partial charge on any atom is -0.230 e. The standard InChI is InChI=1S/C12H14ClN3O2S/c13-12-8-11(5-4-10(12)9-14)19(17,18)15-16-6-2-1-3-7-16/h4-5,8,15H,1-3,6-7H2. The highest BCUT2D eigenvalue weighted by atomic mass is 35.5. The molecule has 0 bridgehead atoms. The number of nitriles is 1. The van der Waals surface area contributed by atoms with E-state index in [-0.39, 0.29) is 15.5 Å². The third kappa shape index (κ3) is 3.45. The van der Waals surface area contributed by atoms with Gasteiger partial charge in [-0.2, -0.15) is 5.26 Å². The molecule has 0 aromatic heterocycles. The zero-order valence-electron chi connectivity index (χ0n) is 10.3. The summed E-state index contributed by atoms with van der Waals surface area (Å²) < 4.78 is 24.3. The molecule has 1 aromatic carbocycles. The average Bonchev–Trinajstić information content (AvgIpc) is 2.39. The fraction of sp³-hybridized carbons (Fsp3) is 0.417. The zero-order valence-corrected chi connectivity index (χ0v) is 11.8. The Morgan fingerprint density at radius 2 is 1.95 bits per heavy atom. The van der Waals surface area contributed by atoms with Crippen LogP contribution < -0.4 is 4.83 Å². The second-order valence-corrected chi connectivity index (χ2v) is 6.46. The van der Waals surface area contributed by atoms with Gasteiger partial charge in [0.05, 0.1) is 15.5 Å². The van der Waals surface area contributed by atoms with Crippen molar-refractivity contribution in [1.29, 1.82) is 5.26 Å². The zero-order chi connectivity index (χ0) is 13.9. The maximum atomic E-state index is 12.2. The third-order valence-electron chi connectivity index (χ3n) is 2.98. The second kappa shape index (κ2) is 5.88. The van der Waals surface area contributed by atoms with Crippen molar-refractivity contribution in [1.82, 2.24) is 9.84 Å². The summed E-state index contributed by atoms with van der Waals surface area (Å²) in [5, 5.41) is 10.6. The van der Waals surface area contributed by atoms with E-state index < -0.39 is 10.0 Å². The highest BCUT2D eigenvalue weighted by molar-refractivity contribution is 7.89. The summed E-state index contributed by atoms with van der Waals surface area (Å²) >= 11 is 5.85. The van der Waals surface area contributed by atoms with Crippen molar-refractivity contribution in [2.24, 2.45) is 0 Å². The van der Waals surface area contributed by atoms with Gasteiger partial charge in [0.2, 0.25) is 0 Å². The number of hydrogen-bond donors (Lipinski definition) is 1. The van der Waals surface area contributed by atoms with Crippen LogP contribution in [-0.2, 0) is 10.0 Å². The molecule has 7 heteroatoms. The van der Waals surface area contributed by atoms with Crippen molar-refractivity contribution in [3.8, 4) is 6.07 Å².